The minimum absolute atomic E-state index is 0.586. The highest BCUT2D eigenvalue weighted by atomic mass is 35.5. The van der Waals surface area contributed by atoms with Gasteiger partial charge in [0.05, 0.1) is 11.6 Å². The van der Waals surface area contributed by atoms with Crippen LogP contribution in [-0.4, -0.2) is 6.54 Å². The van der Waals surface area contributed by atoms with E-state index in [0.717, 1.165) is 23.6 Å². The van der Waals surface area contributed by atoms with Gasteiger partial charge in [-0.15, -0.1) is 6.58 Å². The summed E-state index contributed by atoms with van der Waals surface area (Å²) in [5.41, 5.74) is 0.844. The Labute approximate surface area is 116 Å². The number of benzene rings is 1. The van der Waals surface area contributed by atoms with E-state index in [0.29, 0.717) is 16.6 Å². The zero-order chi connectivity index (χ0) is 13.0. The molecule has 0 aliphatic rings. The molecule has 18 heavy (non-hydrogen) atoms. The Balaban J connectivity index is 2.16. The molecule has 0 aliphatic carbocycles. The van der Waals surface area contributed by atoms with Gasteiger partial charge < -0.3 is 9.73 Å². The first-order valence-electron chi connectivity index (χ1n) is 5.56. The van der Waals surface area contributed by atoms with Crippen LogP contribution in [0.5, 0.6) is 0 Å². The van der Waals surface area contributed by atoms with E-state index in [1.807, 2.05) is 18.2 Å². The number of nitrogens with one attached hydrogen (secondary N) is 1. The van der Waals surface area contributed by atoms with Crippen LogP contribution in [0.15, 0.2) is 47.4 Å². The van der Waals surface area contributed by atoms with Gasteiger partial charge in [-0.1, -0.05) is 29.3 Å². The minimum atomic E-state index is 0.586. The molecule has 0 amide bonds. The predicted molar refractivity (Wildman–Crippen MR) is 76.1 cm³/mol. The summed E-state index contributed by atoms with van der Waals surface area (Å²) < 4.78 is 5.71. The Hall–Kier alpha value is -1.22. The molecule has 0 unspecified atom stereocenters. The van der Waals surface area contributed by atoms with E-state index in [9.17, 15) is 0 Å². The Morgan fingerprint density at radius 3 is 2.78 bits per heavy atom. The fourth-order valence-corrected chi connectivity index (χ4v) is 2.11. The summed E-state index contributed by atoms with van der Waals surface area (Å²) in [5.74, 6) is 1.60. The van der Waals surface area contributed by atoms with Crippen LogP contribution >= 0.6 is 23.2 Å². The molecular formula is C14H13Cl2NO. The van der Waals surface area contributed by atoms with Crippen molar-refractivity contribution in [3.8, 4) is 11.3 Å². The summed E-state index contributed by atoms with van der Waals surface area (Å²) in [6.45, 7) is 5.05. The smallest absolute Gasteiger partial charge is 0.135 e. The summed E-state index contributed by atoms with van der Waals surface area (Å²) in [7, 11) is 0. The molecule has 0 bridgehead atoms. The summed E-state index contributed by atoms with van der Waals surface area (Å²) in [6.07, 6.45) is 1.81. The number of hydrogen-bond donors (Lipinski definition) is 1. The topological polar surface area (TPSA) is 25.2 Å². The van der Waals surface area contributed by atoms with Crippen LogP contribution in [-0.2, 0) is 6.54 Å². The molecular weight excluding hydrogens is 269 g/mol. The van der Waals surface area contributed by atoms with Crippen molar-refractivity contribution >= 4 is 23.2 Å². The van der Waals surface area contributed by atoms with E-state index in [1.165, 1.54) is 0 Å². The summed E-state index contributed by atoms with van der Waals surface area (Å²) in [5, 5.41) is 4.37. The Morgan fingerprint density at radius 1 is 1.22 bits per heavy atom. The molecule has 0 fully saturated rings. The second-order valence-corrected chi connectivity index (χ2v) is 4.65. The lowest BCUT2D eigenvalue weighted by atomic mass is 10.2. The summed E-state index contributed by atoms with van der Waals surface area (Å²) >= 11 is 12.0. The highest BCUT2D eigenvalue weighted by Crippen LogP contribution is 2.31. The molecule has 1 aromatic carbocycles. The van der Waals surface area contributed by atoms with Crippen molar-refractivity contribution < 1.29 is 4.42 Å². The van der Waals surface area contributed by atoms with Crippen LogP contribution in [0.25, 0.3) is 11.3 Å². The van der Waals surface area contributed by atoms with Gasteiger partial charge >= 0.3 is 0 Å². The second-order valence-electron chi connectivity index (χ2n) is 3.81. The molecule has 1 aromatic heterocycles. The molecule has 2 aromatic rings. The lowest BCUT2D eigenvalue weighted by Gasteiger charge is -2.02. The molecule has 2 rings (SSSR count). The number of hydrogen-bond acceptors (Lipinski definition) is 2. The Kier molecular flexibility index (Phi) is 4.48. The van der Waals surface area contributed by atoms with Crippen molar-refractivity contribution in [1.82, 2.24) is 5.32 Å². The van der Waals surface area contributed by atoms with E-state index >= 15 is 0 Å². The first kappa shape index (κ1) is 13.2. The van der Waals surface area contributed by atoms with Gasteiger partial charge in [0.2, 0.25) is 0 Å². The summed E-state index contributed by atoms with van der Waals surface area (Å²) in [6, 6.07) is 9.18. The molecule has 0 atom stereocenters. The predicted octanol–water partition coefficient (Wildman–Crippen LogP) is 4.53. The number of halogens is 2. The minimum Gasteiger partial charge on any atom is -0.460 e. The van der Waals surface area contributed by atoms with Crippen LogP contribution in [0.2, 0.25) is 10.0 Å². The molecule has 0 aliphatic heterocycles. The van der Waals surface area contributed by atoms with Gasteiger partial charge in [0.1, 0.15) is 11.5 Å². The second kappa shape index (κ2) is 6.10. The highest BCUT2D eigenvalue weighted by molar-refractivity contribution is 6.36. The van der Waals surface area contributed by atoms with Gasteiger partial charge in [0.25, 0.3) is 0 Å². The molecule has 0 spiro atoms. The molecule has 2 nitrogen and oxygen atoms in total. The van der Waals surface area contributed by atoms with Gasteiger partial charge in [-0.25, -0.2) is 0 Å². The molecule has 0 radical (unpaired) electrons. The first-order chi connectivity index (χ1) is 8.70. The normalized spacial score (nSPS) is 10.6. The maximum atomic E-state index is 6.13. The van der Waals surface area contributed by atoms with Crippen molar-refractivity contribution in [3.05, 3.63) is 58.8 Å². The maximum absolute atomic E-state index is 6.13. The quantitative estimate of drug-likeness (QED) is 0.644. The van der Waals surface area contributed by atoms with Crippen molar-refractivity contribution in [2.24, 2.45) is 0 Å². The molecule has 0 saturated heterocycles. The SMILES string of the molecule is C=CCNCc1ccc(-c2ccc(Cl)cc2Cl)o1. The van der Waals surface area contributed by atoms with Crippen molar-refractivity contribution in [3.63, 3.8) is 0 Å². The van der Waals surface area contributed by atoms with Crippen LogP contribution in [0.1, 0.15) is 5.76 Å². The zero-order valence-electron chi connectivity index (χ0n) is 9.75. The average Bonchev–Trinajstić information content (AvgIpc) is 2.78. The number of rotatable bonds is 5. The van der Waals surface area contributed by atoms with Crippen LogP contribution in [0.3, 0.4) is 0 Å². The standard InChI is InChI=1S/C14H13Cl2NO/c1-2-7-17-9-11-4-6-14(18-11)12-5-3-10(15)8-13(12)16/h2-6,8,17H,1,7,9H2. The maximum Gasteiger partial charge on any atom is 0.135 e. The average molecular weight is 282 g/mol. The van der Waals surface area contributed by atoms with Gasteiger partial charge in [-0.3, -0.25) is 0 Å². The van der Waals surface area contributed by atoms with E-state index in [4.69, 9.17) is 27.6 Å². The third kappa shape index (κ3) is 3.16. The van der Waals surface area contributed by atoms with Crippen LogP contribution < -0.4 is 5.32 Å². The van der Waals surface area contributed by atoms with E-state index < -0.39 is 0 Å². The monoisotopic (exact) mass is 281 g/mol. The van der Waals surface area contributed by atoms with E-state index in [1.54, 1.807) is 18.2 Å². The highest BCUT2D eigenvalue weighted by Gasteiger charge is 2.08. The molecule has 1 heterocycles. The summed E-state index contributed by atoms with van der Waals surface area (Å²) in [4.78, 5) is 0. The van der Waals surface area contributed by atoms with Gasteiger partial charge in [0.15, 0.2) is 0 Å². The number of furan rings is 1. The molecule has 94 valence electrons. The zero-order valence-corrected chi connectivity index (χ0v) is 11.3. The van der Waals surface area contributed by atoms with Gasteiger partial charge in [-0.05, 0) is 30.3 Å². The largest absolute Gasteiger partial charge is 0.460 e. The Bertz CT molecular complexity index is 548. The van der Waals surface area contributed by atoms with Crippen molar-refractivity contribution in [1.29, 1.82) is 0 Å². The van der Waals surface area contributed by atoms with Gasteiger partial charge in [0, 0.05) is 17.1 Å². The lowest BCUT2D eigenvalue weighted by molar-refractivity contribution is 0.502. The lowest BCUT2D eigenvalue weighted by Crippen LogP contribution is -2.11. The third-order valence-electron chi connectivity index (χ3n) is 2.45. The fourth-order valence-electron chi connectivity index (χ4n) is 1.60. The van der Waals surface area contributed by atoms with Crippen LogP contribution in [0, 0.1) is 0 Å². The van der Waals surface area contributed by atoms with Crippen molar-refractivity contribution in [2.45, 2.75) is 6.54 Å². The van der Waals surface area contributed by atoms with E-state index in [2.05, 4.69) is 11.9 Å². The first-order valence-corrected chi connectivity index (χ1v) is 6.32. The van der Waals surface area contributed by atoms with Crippen molar-refractivity contribution in [2.75, 3.05) is 6.54 Å². The van der Waals surface area contributed by atoms with Crippen LogP contribution in [0.4, 0.5) is 0 Å². The fraction of sp³-hybridized carbons (Fsp3) is 0.143. The van der Waals surface area contributed by atoms with Gasteiger partial charge in [-0.2, -0.15) is 0 Å². The van der Waals surface area contributed by atoms with E-state index in [-0.39, 0.29) is 0 Å². The third-order valence-corrected chi connectivity index (χ3v) is 2.99. The Morgan fingerprint density at radius 2 is 2.06 bits per heavy atom. The molecule has 0 saturated carbocycles. The molecule has 1 N–H and O–H groups in total. The molecule has 4 heteroatoms.